The number of rotatable bonds is 3. The van der Waals surface area contributed by atoms with E-state index in [2.05, 4.69) is 29.5 Å². The number of nitrogens with zero attached hydrogens (tertiary/aromatic N) is 1. The molecule has 1 amide bonds. The average Bonchev–Trinajstić information content (AvgIpc) is 2.80. The smallest absolute Gasteiger partial charge is 0.232 e. The first-order valence-electron chi connectivity index (χ1n) is 6.07. The van der Waals surface area contributed by atoms with Gasteiger partial charge in [0.1, 0.15) is 0 Å². The standard InChI is InChI=1S/C13H19N3O/c1-10(2)13(5-7-15-9-13)12(17)16-11-4-3-6-14-8-11/h3-4,6,8,10,15H,5,7,9H2,1-2H3,(H,16,17). The molecule has 0 spiro atoms. The summed E-state index contributed by atoms with van der Waals surface area (Å²) in [5.74, 6) is 0.430. The first-order valence-corrected chi connectivity index (χ1v) is 6.07. The molecule has 1 aliphatic rings. The van der Waals surface area contributed by atoms with Crippen molar-refractivity contribution in [3.8, 4) is 0 Å². The number of hydrogen-bond acceptors (Lipinski definition) is 3. The second-order valence-electron chi connectivity index (χ2n) is 4.93. The van der Waals surface area contributed by atoms with Gasteiger partial charge in [0.25, 0.3) is 0 Å². The maximum atomic E-state index is 12.4. The molecule has 2 N–H and O–H groups in total. The summed E-state index contributed by atoms with van der Waals surface area (Å²) in [6, 6.07) is 3.69. The fourth-order valence-electron chi connectivity index (χ4n) is 2.35. The lowest BCUT2D eigenvalue weighted by atomic mass is 9.75. The normalized spacial score (nSPS) is 23.9. The van der Waals surface area contributed by atoms with Crippen molar-refractivity contribution in [1.82, 2.24) is 10.3 Å². The Balaban J connectivity index is 2.13. The molecule has 2 rings (SSSR count). The molecule has 0 radical (unpaired) electrons. The van der Waals surface area contributed by atoms with Gasteiger partial charge in [-0.3, -0.25) is 9.78 Å². The third-order valence-electron chi connectivity index (χ3n) is 3.67. The molecule has 0 saturated carbocycles. The van der Waals surface area contributed by atoms with Gasteiger partial charge in [-0.2, -0.15) is 0 Å². The number of amides is 1. The molecule has 1 saturated heterocycles. The summed E-state index contributed by atoms with van der Waals surface area (Å²) in [4.78, 5) is 16.4. The zero-order valence-electron chi connectivity index (χ0n) is 10.4. The highest BCUT2D eigenvalue weighted by Gasteiger charge is 2.43. The highest BCUT2D eigenvalue weighted by Crippen LogP contribution is 2.35. The van der Waals surface area contributed by atoms with Crippen LogP contribution in [0.3, 0.4) is 0 Å². The van der Waals surface area contributed by atoms with Gasteiger partial charge in [0.05, 0.1) is 17.3 Å². The van der Waals surface area contributed by atoms with Crippen LogP contribution in [-0.4, -0.2) is 24.0 Å². The van der Waals surface area contributed by atoms with E-state index >= 15 is 0 Å². The third kappa shape index (κ3) is 2.31. The summed E-state index contributed by atoms with van der Waals surface area (Å²) in [6.45, 7) is 5.89. The Morgan fingerprint density at radius 2 is 2.41 bits per heavy atom. The molecule has 1 fully saturated rings. The molecule has 1 atom stereocenters. The van der Waals surface area contributed by atoms with Gasteiger partial charge in [-0.05, 0) is 31.0 Å². The molecule has 1 aromatic heterocycles. The maximum absolute atomic E-state index is 12.4. The SMILES string of the molecule is CC(C)C1(C(=O)Nc2cccnc2)CCNC1. The molecule has 1 unspecified atom stereocenters. The number of anilines is 1. The van der Waals surface area contributed by atoms with Crippen LogP contribution in [-0.2, 0) is 4.79 Å². The van der Waals surface area contributed by atoms with Gasteiger partial charge in [0.15, 0.2) is 0 Å². The van der Waals surface area contributed by atoms with Crippen LogP contribution in [0.15, 0.2) is 24.5 Å². The highest BCUT2D eigenvalue weighted by atomic mass is 16.2. The molecule has 2 heterocycles. The van der Waals surface area contributed by atoms with Crippen molar-refractivity contribution in [3.63, 3.8) is 0 Å². The molecule has 4 nitrogen and oxygen atoms in total. The van der Waals surface area contributed by atoms with E-state index in [0.29, 0.717) is 5.92 Å². The van der Waals surface area contributed by atoms with Crippen molar-refractivity contribution in [3.05, 3.63) is 24.5 Å². The minimum Gasteiger partial charge on any atom is -0.324 e. The van der Waals surface area contributed by atoms with Gasteiger partial charge < -0.3 is 10.6 Å². The molecule has 0 aromatic carbocycles. The fraction of sp³-hybridized carbons (Fsp3) is 0.538. The van der Waals surface area contributed by atoms with Crippen molar-refractivity contribution in [1.29, 1.82) is 0 Å². The van der Waals surface area contributed by atoms with E-state index in [0.717, 1.165) is 25.2 Å². The van der Waals surface area contributed by atoms with Gasteiger partial charge in [0.2, 0.25) is 5.91 Å². The Labute approximate surface area is 102 Å². The second-order valence-corrected chi connectivity index (χ2v) is 4.93. The number of hydrogen-bond donors (Lipinski definition) is 2. The Hall–Kier alpha value is -1.42. The van der Waals surface area contributed by atoms with Gasteiger partial charge in [-0.15, -0.1) is 0 Å². The molecular formula is C13H19N3O. The minimum absolute atomic E-state index is 0.102. The van der Waals surface area contributed by atoms with Crippen molar-refractivity contribution < 1.29 is 4.79 Å². The molecule has 0 aliphatic carbocycles. The van der Waals surface area contributed by atoms with Crippen LogP contribution in [0.25, 0.3) is 0 Å². The van der Waals surface area contributed by atoms with Crippen molar-refractivity contribution in [2.75, 3.05) is 18.4 Å². The molecule has 4 heteroatoms. The number of pyridine rings is 1. The first-order chi connectivity index (χ1) is 8.15. The number of carbonyl (C=O) groups excluding carboxylic acids is 1. The monoisotopic (exact) mass is 233 g/mol. The van der Waals surface area contributed by atoms with E-state index in [9.17, 15) is 4.79 Å². The lowest BCUT2D eigenvalue weighted by Crippen LogP contribution is -2.42. The van der Waals surface area contributed by atoms with E-state index in [-0.39, 0.29) is 11.3 Å². The van der Waals surface area contributed by atoms with Crippen LogP contribution in [0.1, 0.15) is 20.3 Å². The van der Waals surface area contributed by atoms with Crippen LogP contribution < -0.4 is 10.6 Å². The van der Waals surface area contributed by atoms with E-state index in [1.54, 1.807) is 12.4 Å². The third-order valence-corrected chi connectivity index (χ3v) is 3.67. The van der Waals surface area contributed by atoms with Crippen LogP contribution in [0.5, 0.6) is 0 Å². The Morgan fingerprint density at radius 3 is 2.94 bits per heavy atom. The summed E-state index contributed by atoms with van der Waals surface area (Å²) in [5.41, 5.74) is 0.486. The second kappa shape index (κ2) is 4.84. The minimum atomic E-state index is -0.282. The van der Waals surface area contributed by atoms with Crippen LogP contribution in [0, 0.1) is 11.3 Å². The average molecular weight is 233 g/mol. The molecule has 17 heavy (non-hydrogen) atoms. The molecular weight excluding hydrogens is 214 g/mol. The molecule has 1 aromatic rings. The molecule has 0 bridgehead atoms. The van der Waals surface area contributed by atoms with Crippen LogP contribution in [0.4, 0.5) is 5.69 Å². The van der Waals surface area contributed by atoms with Crippen LogP contribution >= 0.6 is 0 Å². The zero-order valence-corrected chi connectivity index (χ0v) is 10.4. The van der Waals surface area contributed by atoms with E-state index in [1.165, 1.54) is 0 Å². The largest absolute Gasteiger partial charge is 0.324 e. The van der Waals surface area contributed by atoms with Crippen LogP contribution in [0.2, 0.25) is 0 Å². The Bertz CT molecular complexity index is 383. The van der Waals surface area contributed by atoms with Gasteiger partial charge in [-0.1, -0.05) is 13.8 Å². The number of nitrogens with one attached hydrogen (secondary N) is 2. The predicted molar refractivity (Wildman–Crippen MR) is 67.6 cm³/mol. The summed E-state index contributed by atoms with van der Waals surface area (Å²) >= 11 is 0. The van der Waals surface area contributed by atoms with E-state index in [1.807, 2.05) is 12.1 Å². The predicted octanol–water partition coefficient (Wildman–Crippen LogP) is 1.66. The molecule has 92 valence electrons. The maximum Gasteiger partial charge on any atom is 0.232 e. The van der Waals surface area contributed by atoms with Crippen molar-refractivity contribution in [2.45, 2.75) is 20.3 Å². The quantitative estimate of drug-likeness (QED) is 0.834. The van der Waals surface area contributed by atoms with E-state index in [4.69, 9.17) is 0 Å². The van der Waals surface area contributed by atoms with Crippen molar-refractivity contribution in [2.24, 2.45) is 11.3 Å². The van der Waals surface area contributed by atoms with Gasteiger partial charge >= 0.3 is 0 Å². The molecule has 1 aliphatic heterocycles. The summed E-state index contributed by atoms with van der Waals surface area (Å²) in [6.07, 6.45) is 4.27. The number of aromatic nitrogens is 1. The van der Waals surface area contributed by atoms with Crippen molar-refractivity contribution >= 4 is 11.6 Å². The Morgan fingerprint density at radius 1 is 1.59 bits per heavy atom. The van der Waals surface area contributed by atoms with Gasteiger partial charge in [-0.25, -0.2) is 0 Å². The van der Waals surface area contributed by atoms with E-state index < -0.39 is 0 Å². The lowest BCUT2D eigenvalue weighted by Gasteiger charge is -2.30. The topological polar surface area (TPSA) is 54.0 Å². The summed E-state index contributed by atoms with van der Waals surface area (Å²) in [7, 11) is 0. The zero-order chi connectivity index (χ0) is 12.3. The highest BCUT2D eigenvalue weighted by molar-refractivity contribution is 5.95. The fourth-order valence-corrected chi connectivity index (χ4v) is 2.35. The van der Waals surface area contributed by atoms with Gasteiger partial charge in [0, 0.05) is 12.7 Å². The summed E-state index contributed by atoms with van der Waals surface area (Å²) in [5, 5.41) is 6.25. The number of carbonyl (C=O) groups is 1. The Kier molecular flexibility index (Phi) is 3.43. The first kappa shape index (κ1) is 12.0. The summed E-state index contributed by atoms with van der Waals surface area (Å²) < 4.78 is 0. The lowest BCUT2D eigenvalue weighted by molar-refractivity contribution is -0.126.